The molecular weight excluding hydrogens is 460 g/mol. The first-order valence-electron chi connectivity index (χ1n) is 11.4. The molecule has 2 heterocycles. The van der Waals surface area contributed by atoms with E-state index in [2.05, 4.69) is 21.2 Å². The molecule has 1 aromatic heterocycles. The predicted molar refractivity (Wildman–Crippen MR) is 133 cm³/mol. The van der Waals surface area contributed by atoms with E-state index in [1.807, 2.05) is 60.8 Å². The molecule has 9 nitrogen and oxygen atoms in total. The lowest BCUT2D eigenvalue weighted by molar-refractivity contribution is -0.305. The van der Waals surface area contributed by atoms with Gasteiger partial charge >= 0.3 is 5.97 Å². The summed E-state index contributed by atoms with van der Waals surface area (Å²) in [5, 5.41) is 32.3. The van der Waals surface area contributed by atoms with Crippen LogP contribution in [0.3, 0.4) is 0 Å². The highest BCUT2D eigenvalue weighted by molar-refractivity contribution is 5.96. The number of nitrogens with one attached hydrogen (secondary N) is 1. The fraction of sp³-hybridized carbons (Fsp3) is 0.222. The molecule has 1 atom stereocenters. The van der Waals surface area contributed by atoms with Crippen LogP contribution in [0.4, 0.5) is 0 Å². The molecule has 0 amide bonds. The van der Waals surface area contributed by atoms with Crippen molar-refractivity contribution in [1.82, 2.24) is 15.7 Å². The fourth-order valence-electron chi connectivity index (χ4n) is 4.38. The molecule has 2 N–H and O–H groups in total. The highest BCUT2D eigenvalue weighted by Crippen LogP contribution is 2.41. The Morgan fingerprint density at radius 1 is 1.14 bits per heavy atom. The summed E-state index contributed by atoms with van der Waals surface area (Å²) in [5.41, 5.74) is 5.42. The Balaban J connectivity index is 1.75. The van der Waals surface area contributed by atoms with Gasteiger partial charge in [0, 0.05) is 35.0 Å². The summed E-state index contributed by atoms with van der Waals surface area (Å²) in [6.07, 6.45) is 2.01. The molecule has 2 aromatic carbocycles. The van der Waals surface area contributed by atoms with Gasteiger partial charge in [-0.05, 0) is 37.1 Å². The number of pyridine rings is 1. The van der Waals surface area contributed by atoms with E-state index < -0.39 is 17.3 Å². The molecule has 0 fully saturated rings. The summed E-state index contributed by atoms with van der Waals surface area (Å²) < 4.78 is 5.45. The van der Waals surface area contributed by atoms with Crippen molar-refractivity contribution in [2.75, 3.05) is 13.2 Å². The molecule has 0 bridgehead atoms. The number of carbonyl (C=O) groups excluding carboxylic acids is 1. The number of carbonyl (C=O) groups is 1. The van der Waals surface area contributed by atoms with Crippen LogP contribution in [0, 0.1) is 16.5 Å². The number of esters is 1. The van der Waals surface area contributed by atoms with Gasteiger partial charge in [0.05, 0.1) is 41.9 Å². The minimum Gasteiger partial charge on any atom is -0.738 e. The van der Waals surface area contributed by atoms with Crippen LogP contribution in [0.1, 0.15) is 31.7 Å². The number of nitrogens with zero attached hydrogens (tertiary/aromatic N) is 3. The van der Waals surface area contributed by atoms with Crippen LogP contribution < -0.4 is 5.32 Å². The second-order valence-corrected chi connectivity index (χ2v) is 8.31. The van der Waals surface area contributed by atoms with Crippen molar-refractivity contribution in [3.05, 3.63) is 94.1 Å². The van der Waals surface area contributed by atoms with E-state index in [1.165, 1.54) is 0 Å². The summed E-state index contributed by atoms with van der Waals surface area (Å²) in [7, 11) is 0. The Morgan fingerprint density at radius 3 is 2.64 bits per heavy atom. The molecule has 0 spiro atoms. The highest BCUT2D eigenvalue weighted by atomic mass is 17.1. The third-order valence-corrected chi connectivity index (χ3v) is 6.00. The zero-order valence-electron chi connectivity index (χ0n) is 19.9. The lowest BCUT2D eigenvalue weighted by Gasteiger charge is -2.29. The van der Waals surface area contributed by atoms with E-state index in [0.717, 1.165) is 27.6 Å². The van der Waals surface area contributed by atoms with Crippen LogP contribution in [0.15, 0.2) is 83.3 Å². The maximum absolute atomic E-state index is 13.3. The van der Waals surface area contributed by atoms with E-state index in [4.69, 9.17) is 9.94 Å². The summed E-state index contributed by atoms with van der Waals surface area (Å²) in [5.74, 6) is -1.25. The number of benzene rings is 2. The minimum atomic E-state index is -0.661. The molecule has 0 radical (unpaired) electrons. The molecule has 184 valence electrons. The average molecular weight is 486 g/mol. The molecule has 0 saturated heterocycles. The van der Waals surface area contributed by atoms with Gasteiger partial charge in [-0.3, -0.25) is 9.82 Å². The Kier molecular flexibility index (Phi) is 7.73. The first-order valence-corrected chi connectivity index (χ1v) is 11.4. The summed E-state index contributed by atoms with van der Waals surface area (Å²) in [6.45, 7) is 3.42. The van der Waals surface area contributed by atoms with Gasteiger partial charge in [-0.25, -0.2) is 4.79 Å². The van der Waals surface area contributed by atoms with Crippen molar-refractivity contribution in [1.29, 1.82) is 5.26 Å². The zero-order valence-corrected chi connectivity index (χ0v) is 19.9. The van der Waals surface area contributed by atoms with Crippen molar-refractivity contribution in [3.8, 4) is 17.2 Å². The van der Waals surface area contributed by atoms with Crippen molar-refractivity contribution in [2.24, 2.45) is 0 Å². The van der Waals surface area contributed by atoms with Crippen LogP contribution in [-0.2, 0) is 14.4 Å². The average Bonchev–Trinajstić information content (AvgIpc) is 2.87. The van der Waals surface area contributed by atoms with Gasteiger partial charge in [-0.2, -0.15) is 5.26 Å². The lowest BCUT2D eigenvalue weighted by atomic mass is 9.79. The van der Waals surface area contributed by atoms with Gasteiger partial charge in [0.15, 0.2) is 0 Å². The van der Waals surface area contributed by atoms with Crippen LogP contribution in [-0.4, -0.2) is 34.8 Å². The van der Waals surface area contributed by atoms with Crippen LogP contribution in [0.5, 0.6) is 0 Å². The molecular formula is C27H25N4O5-. The number of fused-ring (bicyclic) bond motifs is 1. The summed E-state index contributed by atoms with van der Waals surface area (Å²) in [6, 6.07) is 19.8. The van der Waals surface area contributed by atoms with Gasteiger partial charge < -0.3 is 20.5 Å². The monoisotopic (exact) mass is 485 g/mol. The van der Waals surface area contributed by atoms with E-state index in [1.54, 1.807) is 13.8 Å². The summed E-state index contributed by atoms with van der Waals surface area (Å²) >= 11 is 0. The van der Waals surface area contributed by atoms with Crippen molar-refractivity contribution in [2.45, 2.75) is 26.2 Å². The first kappa shape index (κ1) is 25.0. The number of dihydropyridines is 1. The second kappa shape index (κ2) is 11.1. The number of hydrogen-bond donors (Lipinski definition) is 2. The van der Waals surface area contributed by atoms with Gasteiger partial charge in [0.25, 0.3) is 0 Å². The van der Waals surface area contributed by atoms with E-state index in [0.29, 0.717) is 22.5 Å². The summed E-state index contributed by atoms with van der Waals surface area (Å²) in [4.78, 5) is 22.3. The third kappa shape index (κ3) is 5.27. The quantitative estimate of drug-likeness (QED) is 0.264. The van der Waals surface area contributed by atoms with Gasteiger partial charge in [-0.1, -0.05) is 42.5 Å². The Bertz CT molecular complexity index is 1380. The van der Waals surface area contributed by atoms with Gasteiger partial charge in [0.1, 0.15) is 0 Å². The Morgan fingerprint density at radius 2 is 1.92 bits per heavy atom. The maximum atomic E-state index is 13.3. The van der Waals surface area contributed by atoms with Crippen molar-refractivity contribution >= 4 is 16.9 Å². The number of nitriles is 1. The van der Waals surface area contributed by atoms with Crippen molar-refractivity contribution in [3.63, 3.8) is 0 Å². The second-order valence-electron chi connectivity index (χ2n) is 8.31. The first-order chi connectivity index (χ1) is 17.4. The molecule has 0 saturated carbocycles. The third-order valence-electron chi connectivity index (χ3n) is 6.00. The Labute approximate surface area is 208 Å². The molecule has 0 aliphatic carbocycles. The smallest absolute Gasteiger partial charge is 0.336 e. The molecule has 1 aliphatic heterocycles. The molecule has 4 rings (SSSR count). The van der Waals surface area contributed by atoms with Gasteiger partial charge in [-0.15, -0.1) is 5.39 Å². The number of aromatic nitrogens is 1. The number of rotatable bonds is 8. The lowest BCUT2D eigenvalue weighted by Crippen LogP contribution is -2.29. The van der Waals surface area contributed by atoms with Gasteiger partial charge in [0.2, 0.25) is 0 Å². The molecule has 9 heteroatoms. The topological polar surface area (TPSA) is 131 Å². The maximum Gasteiger partial charge on any atom is 0.336 e. The fourth-order valence-corrected chi connectivity index (χ4v) is 4.38. The predicted octanol–water partition coefficient (Wildman–Crippen LogP) is 4.71. The van der Waals surface area contributed by atoms with E-state index in [-0.39, 0.29) is 19.6 Å². The standard InChI is InChI=1S/C27H25N4O5/c1-17-23(15-28)26(25(18(2)30-17)27(32)35-12-7-13-36-31(33)34)21-10-6-11-24-22(21)14-20(16-29-24)19-8-4-3-5-9-19/h3-6,8-11,14,16,26,30,33H,7,12-13H2,1-2H3/q-1/t26-/m0/s1. The molecule has 1 aliphatic rings. The van der Waals surface area contributed by atoms with Crippen LogP contribution in [0.25, 0.3) is 22.0 Å². The largest absolute Gasteiger partial charge is 0.738 e. The molecule has 3 aromatic rings. The van der Waals surface area contributed by atoms with E-state index in [9.17, 15) is 15.3 Å². The number of allylic oxidation sites excluding steroid dienone is 3. The molecule has 36 heavy (non-hydrogen) atoms. The number of ether oxygens (including phenoxy) is 1. The highest BCUT2D eigenvalue weighted by Gasteiger charge is 2.35. The van der Waals surface area contributed by atoms with Crippen LogP contribution >= 0.6 is 0 Å². The van der Waals surface area contributed by atoms with Crippen molar-refractivity contribution < 1.29 is 19.6 Å². The zero-order chi connectivity index (χ0) is 25.7. The van der Waals surface area contributed by atoms with Crippen LogP contribution in [0.2, 0.25) is 0 Å². The minimum absolute atomic E-state index is 0.0317. The van der Waals surface area contributed by atoms with E-state index >= 15 is 0 Å². The number of hydrogen-bond acceptors (Lipinski definition) is 9. The molecule has 0 unspecified atom stereocenters. The Hall–Kier alpha value is -4.07. The SMILES string of the molecule is CC1=C(C#N)[C@H](c2cccc3ncc(-c4ccccc4)cc23)C(C(=O)OCCCON([O-])O)=C(C)N1. The normalized spacial score (nSPS) is 15.7.